The number of aromatic nitrogens is 2. The van der Waals surface area contributed by atoms with Crippen molar-refractivity contribution in [2.24, 2.45) is 7.05 Å². The first-order valence-electron chi connectivity index (χ1n) is 8.58. The number of piperazine rings is 1. The van der Waals surface area contributed by atoms with E-state index in [2.05, 4.69) is 9.55 Å². The lowest BCUT2D eigenvalue weighted by molar-refractivity contribution is -0.139. The third kappa shape index (κ3) is 3.82. The first-order chi connectivity index (χ1) is 12.0. The average Bonchev–Trinajstić information content (AvgIpc) is 2.91. The highest BCUT2D eigenvalue weighted by Gasteiger charge is 2.23. The van der Waals surface area contributed by atoms with E-state index in [0.717, 1.165) is 16.9 Å². The van der Waals surface area contributed by atoms with Crippen LogP contribution in [0.1, 0.15) is 12.7 Å². The Balaban J connectivity index is 1.57. The van der Waals surface area contributed by atoms with Crippen LogP contribution in [-0.2, 0) is 23.2 Å². The zero-order chi connectivity index (χ0) is 18.0. The zero-order valence-corrected chi connectivity index (χ0v) is 15.1. The fourth-order valence-electron chi connectivity index (χ4n) is 3.24. The van der Waals surface area contributed by atoms with Crippen LogP contribution in [0.3, 0.4) is 0 Å². The van der Waals surface area contributed by atoms with Gasteiger partial charge in [-0.1, -0.05) is 12.1 Å². The molecule has 0 bridgehead atoms. The molecule has 2 heterocycles. The number of imidazole rings is 1. The Morgan fingerprint density at radius 3 is 2.40 bits per heavy atom. The zero-order valence-electron chi connectivity index (χ0n) is 15.1. The van der Waals surface area contributed by atoms with Gasteiger partial charge < -0.3 is 14.4 Å². The number of para-hydroxylation sites is 2. The third-order valence-corrected chi connectivity index (χ3v) is 4.77. The van der Waals surface area contributed by atoms with Gasteiger partial charge in [-0.2, -0.15) is 0 Å². The maximum atomic E-state index is 12.5. The Morgan fingerprint density at radius 1 is 1.12 bits per heavy atom. The molecule has 1 saturated heterocycles. The van der Waals surface area contributed by atoms with Crippen molar-refractivity contribution in [3.05, 3.63) is 30.1 Å². The van der Waals surface area contributed by atoms with E-state index in [4.69, 9.17) is 0 Å². The maximum absolute atomic E-state index is 12.5. The third-order valence-electron chi connectivity index (χ3n) is 4.77. The van der Waals surface area contributed by atoms with Crippen LogP contribution in [0.15, 0.2) is 24.3 Å². The fourth-order valence-corrected chi connectivity index (χ4v) is 3.24. The van der Waals surface area contributed by atoms with E-state index in [9.17, 15) is 9.59 Å². The van der Waals surface area contributed by atoms with E-state index in [1.165, 1.54) is 0 Å². The summed E-state index contributed by atoms with van der Waals surface area (Å²) in [6.45, 7) is 5.00. The summed E-state index contributed by atoms with van der Waals surface area (Å²) in [6, 6.07) is 8.03. The molecule has 0 radical (unpaired) electrons. The first kappa shape index (κ1) is 17.4. The Labute approximate surface area is 147 Å². The Hall–Kier alpha value is -2.41. The molecule has 0 aliphatic carbocycles. The molecule has 0 atom stereocenters. The molecule has 134 valence electrons. The van der Waals surface area contributed by atoms with Crippen molar-refractivity contribution >= 4 is 22.8 Å². The normalized spacial score (nSPS) is 15.2. The summed E-state index contributed by atoms with van der Waals surface area (Å²) >= 11 is 0. The summed E-state index contributed by atoms with van der Waals surface area (Å²) in [6.07, 6.45) is 0. The quantitative estimate of drug-likeness (QED) is 0.820. The minimum Gasteiger partial charge on any atom is -0.339 e. The van der Waals surface area contributed by atoms with Crippen molar-refractivity contribution in [3.63, 3.8) is 0 Å². The molecule has 1 aliphatic heterocycles. The molecule has 0 spiro atoms. The van der Waals surface area contributed by atoms with Gasteiger partial charge in [-0.25, -0.2) is 4.98 Å². The van der Waals surface area contributed by atoms with Gasteiger partial charge in [-0.3, -0.25) is 14.5 Å². The molecule has 1 fully saturated rings. The Morgan fingerprint density at radius 2 is 1.76 bits per heavy atom. The van der Waals surface area contributed by atoms with Crippen molar-refractivity contribution in [2.45, 2.75) is 13.5 Å². The lowest BCUT2D eigenvalue weighted by atomic mass is 10.3. The molecule has 7 nitrogen and oxygen atoms in total. The van der Waals surface area contributed by atoms with Crippen LogP contribution in [0, 0.1) is 0 Å². The Kier molecular flexibility index (Phi) is 5.03. The number of benzene rings is 1. The summed E-state index contributed by atoms with van der Waals surface area (Å²) in [5, 5.41) is 0. The summed E-state index contributed by atoms with van der Waals surface area (Å²) < 4.78 is 2.07. The van der Waals surface area contributed by atoms with Crippen LogP contribution >= 0.6 is 0 Å². The highest BCUT2D eigenvalue weighted by molar-refractivity contribution is 5.79. The lowest BCUT2D eigenvalue weighted by Crippen LogP contribution is -2.51. The predicted octanol–water partition coefficient (Wildman–Crippen LogP) is 0.696. The molecule has 3 rings (SSSR count). The van der Waals surface area contributed by atoms with Crippen LogP contribution in [-0.4, -0.2) is 75.8 Å². The number of amides is 2. The smallest absolute Gasteiger partial charge is 0.236 e. The van der Waals surface area contributed by atoms with Crippen molar-refractivity contribution in [1.82, 2.24) is 24.3 Å². The number of fused-ring (bicyclic) bond motifs is 1. The van der Waals surface area contributed by atoms with Crippen molar-refractivity contribution in [3.8, 4) is 0 Å². The molecular weight excluding hydrogens is 318 g/mol. The SMILES string of the molecule is CC(=O)N1CCN(C(=O)CN(C)Cc2nc3ccccc3n2C)CC1. The highest BCUT2D eigenvalue weighted by Crippen LogP contribution is 2.15. The standard InChI is InChI=1S/C18H25N5O2/c1-14(24)22-8-10-23(11-9-22)18(25)13-20(2)12-17-19-15-6-4-5-7-16(15)21(17)3/h4-7H,8-13H2,1-3H3. The van der Waals surface area contributed by atoms with Gasteiger partial charge in [0, 0.05) is 40.2 Å². The Bertz CT molecular complexity index is 777. The summed E-state index contributed by atoms with van der Waals surface area (Å²) in [5.74, 6) is 1.12. The van der Waals surface area contributed by atoms with E-state index in [0.29, 0.717) is 39.3 Å². The number of nitrogens with zero attached hydrogens (tertiary/aromatic N) is 5. The predicted molar refractivity (Wildman–Crippen MR) is 95.9 cm³/mol. The number of rotatable bonds is 4. The first-order valence-corrected chi connectivity index (χ1v) is 8.58. The second-order valence-corrected chi connectivity index (χ2v) is 6.63. The number of hydrogen-bond donors (Lipinski definition) is 0. The summed E-state index contributed by atoms with van der Waals surface area (Å²) in [5.41, 5.74) is 2.07. The van der Waals surface area contributed by atoms with Crippen molar-refractivity contribution in [1.29, 1.82) is 0 Å². The minimum absolute atomic E-state index is 0.0751. The molecule has 1 aromatic carbocycles. The van der Waals surface area contributed by atoms with Crippen molar-refractivity contribution < 1.29 is 9.59 Å². The van der Waals surface area contributed by atoms with E-state index < -0.39 is 0 Å². The highest BCUT2D eigenvalue weighted by atomic mass is 16.2. The molecule has 1 aliphatic rings. The number of likely N-dealkylation sites (N-methyl/N-ethyl adjacent to an activating group) is 1. The average molecular weight is 343 g/mol. The summed E-state index contributed by atoms with van der Waals surface area (Å²) in [7, 11) is 3.93. The molecule has 0 N–H and O–H groups in total. The van der Waals surface area contributed by atoms with Crippen LogP contribution in [0.4, 0.5) is 0 Å². The molecule has 7 heteroatoms. The van der Waals surface area contributed by atoms with Crippen LogP contribution in [0.2, 0.25) is 0 Å². The lowest BCUT2D eigenvalue weighted by Gasteiger charge is -2.35. The van der Waals surface area contributed by atoms with Crippen LogP contribution in [0.25, 0.3) is 11.0 Å². The number of aryl methyl sites for hydroxylation is 1. The number of carbonyl (C=O) groups is 2. The second kappa shape index (κ2) is 7.23. The molecule has 25 heavy (non-hydrogen) atoms. The molecule has 2 aromatic rings. The van der Waals surface area contributed by atoms with Gasteiger partial charge in [0.25, 0.3) is 0 Å². The van der Waals surface area contributed by atoms with Gasteiger partial charge in [0.05, 0.1) is 24.1 Å². The number of hydrogen-bond acceptors (Lipinski definition) is 4. The largest absolute Gasteiger partial charge is 0.339 e. The van der Waals surface area contributed by atoms with Gasteiger partial charge >= 0.3 is 0 Å². The van der Waals surface area contributed by atoms with E-state index in [1.807, 2.05) is 48.2 Å². The molecule has 0 saturated carbocycles. The van der Waals surface area contributed by atoms with Gasteiger partial charge in [-0.05, 0) is 19.2 Å². The molecule has 2 amide bonds. The molecule has 1 aromatic heterocycles. The van der Waals surface area contributed by atoms with E-state index in [1.54, 1.807) is 11.8 Å². The second-order valence-electron chi connectivity index (χ2n) is 6.63. The van der Waals surface area contributed by atoms with Crippen LogP contribution < -0.4 is 0 Å². The van der Waals surface area contributed by atoms with E-state index >= 15 is 0 Å². The van der Waals surface area contributed by atoms with Gasteiger partial charge in [-0.15, -0.1) is 0 Å². The van der Waals surface area contributed by atoms with Gasteiger partial charge in [0.1, 0.15) is 5.82 Å². The topological polar surface area (TPSA) is 61.7 Å². The van der Waals surface area contributed by atoms with Crippen molar-refractivity contribution in [2.75, 3.05) is 39.8 Å². The van der Waals surface area contributed by atoms with E-state index in [-0.39, 0.29) is 11.8 Å². The summed E-state index contributed by atoms with van der Waals surface area (Å²) in [4.78, 5) is 34.1. The fraction of sp³-hybridized carbons (Fsp3) is 0.500. The number of carbonyl (C=O) groups excluding carboxylic acids is 2. The monoisotopic (exact) mass is 343 g/mol. The molecular formula is C18H25N5O2. The minimum atomic E-state index is 0.0751. The van der Waals surface area contributed by atoms with Crippen LogP contribution in [0.5, 0.6) is 0 Å². The maximum Gasteiger partial charge on any atom is 0.236 e. The van der Waals surface area contributed by atoms with Gasteiger partial charge in [0.15, 0.2) is 0 Å². The molecule has 0 unspecified atom stereocenters. The van der Waals surface area contributed by atoms with Gasteiger partial charge in [0.2, 0.25) is 11.8 Å².